The lowest BCUT2D eigenvalue weighted by atomic mass is 9.99. The second-order valence-corrected chi connectivity index (χ2v) is 5.31. The summed E-state index contributed by atoms with van der Waals surface area (Å²) < 4.78 is 0. The first kappa shape index (κ1) is 13.8. The Morgan fingerprint density at radius 2 is 1.21 bits per heavy atom. The largest absolute Gasteiger partial charge is 0.372 e. The van der Waals surface area contributed by atoms with Gasteiger partial charge in [-0.15, -0.1) is 11.8 Å². The quantitative estimate of drug-likeness (QED) is 0.813. The van der Waals surface area contributed by atoms with E-state index in [0.29, 0.717) is 0 Å². The van der Waals surface area contributed by atoms with Crippen molar-refractivity contribution in [3.05, 3.63) is 76.8 Å². The number of thioether (sulfide) groups is 1. The molecule has 0 unspecified atom stereocenters. The van der Waals surface area contributed by atoms with E-state index in [-0.39, 0.29) is 0 Å². The maximum absolute atomic E-state index is 2.18. The van der Waals surface area contributed by atoms with Gasteiger partial charge in [-0.25, -0.2) is 0 Å². The van der Waals surface area contributed by atoms with Gasteiger partial charge < -0.3 is 4.90 Å². The molecule has 98 valence electrons. The molecule has 0 radical (unpaired) electrons. The topological polar surface area (TPSA) is 3.24 Å². The Hall–Kier alpha value is -1.67. The lowest BCUT2D eigenvalue weighted by molar-refractivity contribution is 0.552. The molecule has 2 aromatic carbocycles. The molecule has 0 amide bonds. The maximum Gasteiger partial charge on any atom is 0.0785 e. The first-order chi connectivity index (χ1) is 9.24. The standard InChI is InChI=1S/C17H19NS/c1-18(2)17(19-3)16(14-10-6-4-7-11-14)15-12-8-5-9-13-15/h4-13H,1-3H3. The van der Waals surface area contributed by atoms with Crippen LogP contribution in [0.15, 0.2) is 65.7 Å². The Morgan fingerprint density at radius 1 is 0.789 bits per heavy atom. The summed E-state index contributed by atoms with van der Waals surface area (Å²) in [6.45, 7) is 0. The smallest absolute Gasteiger partial charge is 0.0785 e. The van der Waals surface area contributed by atoms with Gasteiger partial charge in [0.1, 0.15) is 0 Å². The highest BCUT2D eigenvalue weighted by atomic mass is 32.2. The molecule has 0 aliphatic rings. The van der Waals surface area contributed by atoms with E-state index in [2.05, 4.69) is 85.9 Å². The Bertz CT molecular complexity index is 502. The van der Waals surface area contributed by atoms with Gasteiger partial charge in [0, 0.05) is 19.7 Å². The van der Waals surface area contributed by atoms with Crippen molar-refractivity contribution in [1.29, 1.82) is 0 Å². The highest BCUT2D eigenvalue weighted by Gasteiger charge is 2.12. The van der Waals surface area contributed by atoms with Crippen LogP contribution in [-0.2, 0) is 0 Å². The molecule has 0 fully saturated rings. The summed E-state index contributed by atoms with van der Waals surface area (Å²) in [5.74, 6) is 0. The molecule has 2 aromatic rings. The average molecular weight is 269 g/mol. The third-order valence-corrected chi connectivity index (χ3v) is 3.89. The van der Waals surface area contributed by atoms with Gasteiger partial charge in [0.15, 0.2) is 0 Å². The van der Waals surface area contributed by atoms with Crippen LogP contribution in [-0.4, -0.2) is 25.3 Å². The molecule has 0 aromatic heterocycles. The van der Waals surface area contributed by atoms with Gasteiger partial charge in [-0.2, -0.15) is 0 Å². The van der Waals surface area contributed by atoms with Gasteiger partial charge in [-0.05, 0) is 17.4 Å². The molecule has 0 heterocycles. The summed E-state index contributed by atoms with van der Waals surface area (Å²) >= 11 is 1.78. The molecule has 0 bridgehead atoms. The normalized spacial score (nSPS) is 10.1. The van der Waals surface area contributed by atoms with E-state index in [4.69, 9.17) is 0 Å². The fourth-order valence-corrected chi connectivity index (χ4v) is 2.94. The number of hydrogen-bond donors (Lipinski definition) is 0. The van der Waals surface area contributed by atoms with Crippen molar-refractivity contribution >= 4 is 17.3 Å². The van der Waals surface area contributed by atoms with Crippen molar-refractivity contribution in [1.82, 2.24) is 4.90 Å². The molecular weight excluding hydrogens is 250 g/mol. The molecule has 0 saturated carbocycles. The molecule has 0 atom stereocenters. The minimum absolute atomic E-state index is 1.26. The van der Waals surface area contributed by atoms with E-state index in [1.165, 1.54) is 21.7 Å². The molecule has 2 rings (SSSR count). The summed E-state index contributed by atoms with van der Waals surface area (Å²) in [5.41, 5.74) is 3.80. The van der Waals surface area contributed by atoms with E-state index >= 15 is 0 Å². The van der Waals surface area contributed by atoms with Gasteiger partial charge in [-0.1, -0.05) is 60.7 Å². The SMILES string of the molecule is CSC(=C(c1ccccc1)c1ccccc1)N(C)C. The fourth-order valence-electron chi connectivity index (χ4n) is 2.13. The highest BCUT2D eigenvalue weighted by molar-refractivity contribution is 8.02. The van der Waals surface area contributed by atoms with Crippen LogP contribution in [0.2, 0.25) is 0 Å². The van der Waals surface area contributed by atoms with Crippen LogP contribution in [0.25, 0.3) is 5.57 Å². The molecule has 19 heavy (non-hydrogen) atoms. The molecule has 0 N–H and O–H groups in total. The zero-order valence-electron chi connectivity index (χ0n) is 11.6. The van der Waals surface area contributed by atoms with Crippen molar-refractivity contribution in [2.24, 2.45) is 0 Å². The van der Waals surface area contributed by atoms with Gasteiger partial charge in [0.05, 0.1) is 5.03 Å². The van der Waals surface area contributed by atoms with Gasteiger partial charge >= 0.3 is 0 Å². The zero-order valence-corrected chi connectivity index (χ0v) is 12.4. The molecule has 2 heteroatoms. The Balaban J connectivity index is 2.64. The predicted octanol–water partition coefficient (Wildman–Crippen LogP) is 4.33. The monoisotopic (exact) mass is 269 g/mol. The van der Waals surface area contributed by atoms with Crippen LogP contribution in [0, 0.1) is 0 Å². The van der Waals surface area contributed by atoms with E-state index in [1.807, 2.05) is 0 Å². The summed E-state index contributed by atoms with van der Waals surface area (Å²) in [5, 5.41) is 1.28. The Morgan fingerprint density at radius 3 is 1.53 bits per heavy atom. The lowest BCUT2D eigenvalue weighted by Gasteiger charge is -2.21. The van der Waals surface area contributed by atoms with E-state index in [9.17, 15) is 0 Å². The molecule has 0 aliphatic carbocycles. The van der Waals surface area contributed by atoms with Crippen molar-refractivity contribution < 1.29 is 0 Å². The second-order valence-electron chi connectivity index (χ2n) is 4.51. The third kappa shape index (κ3) is 3.21. The molecule has 0 saturated heterocycles. The summed E-state index contributed by atoms with van der Waals surface area (Å²) in [7, 11) is 4.19. The Kier molecular flexibility index (Phi) is 4.69. The Labute approximate surface area is 120 Å². The molecule has 0 aliphatic heterocycles. The summed E-state index contributed by atoms with van der Waals surface area (Å²) in [6, 6.07) is 21.1. The molecular formula is C17H19NS. The van der Waals surface area contributed by atoms with Crippen LogP contribution in [0.5, 0.6) is 0 Å². The first-order valence-corrected chi connectivity index (χ1v) is 7.53. The number of nitrogens with zero attached hydrogens (tertiary/aromatic N) is 1. The molecule has 0 spiro atoms. The average Bonchev–Trinajstić information content (AvgIpc) is 2.46. The van der Waals surface area contributed by atoms with Gasteiger partial charge in [0.25, 0.3) is 0 Å². The van der Waals surface area contributed by atoms with Crippen LogP contribution in [0.4, 0.5) is 0 Å². The van der Waals surface area contributed by atoms with Crippen LogP contribution < -0.4 is 0 Å². The van der Waals surface area contributed by atoms with E-state index < -0.39 is 0 Å². The lowest BCUT2D eigenvalue weighted by Crippen LogP contribution is -2.11. The number of hydrogen-bond acceptors (Lipinski definition) is 2. The minimum atomic E-state index is 1.26. The number of rotatable bonds is 4. The van der Waals surface area contributed by atoms with Gasteiger partial charge in [0.2, 0.25) is 0 Å². The predicted molar refractivity (Wildman–Crippen MR) is 86.1 cm³/mol. The van der Waals surface area contributed by atoms with Crippen molar-refractivity contribution in [3.8, 4) is 0 Å². The second kappa shape index (κ2) is 6.48. The van der Waals surface area contributed by atoms with E-state index in [0.717, 1.165) is 0 Å². The summed E-state index contributed by atoms with van der Waals surface area (Å²) in [4.78, 5) is 2.18. The number of benzene rings is 2. The van der Waals surface area contributed by atoms with E-state index in [1.54, 1.807) is 11.8 Å². The molecule has 1 nitrogen and oxygen atoms in total. The zero-order chi connectivity index (χ0) is 13.7. The minimum Gasteiger partial charge on any atom is -0.372 e. The van der Waals surface area contributed by atoms with Crippen LogP contribution >= 0.6 is 11.8 Å². The van der Waals surface area contributed by atoms with Crippen molar-refractivity contribution in [2.45, 2.75) is 0 Å². The summed E-state index contributed by atoms with van der Waals surface area (Å²) in [6.07, 6.45) is 2.13. The van der Waals surface area contributed by atoms with Crippen LogP contribution in [0.3, 0.4) is 0 Å². The fraction of sp³-hybridized carbons (Fsp3) is 0.176. The third-order valence-electron chi connectivity index (χ3n) is 2.94. The van der Waals surface area contributed by atoms with Gasteiger partial charge in [-0.3, -0.25) is 0 Å². The maximum atomic E-state index is 2.18. The first-order valence-electron chi connectivity index (χ1n) is 6.30. The van der Waals surface area contributed by atoms with Crippen LogP contribution in [0.1, 0.15) is 11.1 Å². The van der Waals surface area contributed by atoms with Crippen molar-refractivity contribution in [2.75, 3.05) is 20.4 Å². The van der Waals surface area contributed by atoms with Crippen molar-refractivity contribution in [3.63, 3.8) is 0 Å². The highest BCUT2D eigenvalue weighted by Crippen LogP contribution is 2.32.